The number of halogens is 9. The van der Waals surface area contributed by atoms with Gasteiger partial charge in [-0.2, -0.15) is 4.39 Å². The fourth-order valence-corrected chi connectivity index (χ4v) is 6.13. The summed E-state index contributed by atoms with van der Waals surface area (Å²) >= 11 is 0. The summed E-state index contributed by atoms with van der Waals surface area (Å²) in [4.78, 5) is 16.9. The van der Waals surface area contributed by atoms with Gasteiger partial charge in [-0.25, -0.2) is 45.1 Å². The number of hydrogen-bond acceptors (Lipinski definition) is 2. The smallest absolute Gasteiger partial charge is 0.213 e. The summed E-state index contributed by atoms with van der Waals surface area (Å²) in [7, 11) is 0. The molecule has 248 valence electrons. The van der Waals surface area contributed by atoms with E-state index >= 15 is 17.6 Å². The van der Waals surface area contributed by atoms with Gasteiger partial charge in [-0.05, 0) is 60.2 Å². The maximum atomic E-state index is 15.4. The van der Waals surface area contributed by atoms with E-state index in [0.29, 0.717) is 0 Å². The van der Waals surface area contributed by atoms with Crippen molar-refractivity contribution >= 4 is 45.3 Å². The molecule has 0 radical (unpaired) electrons. The number of nitrogens with zero attached hydrogens (tertiary/aromatic N) is 2. The van der Waals surface area contributed by atoms with Crippen LogP contribution in [0, 0.1) is 52.5 Å². The van der Waals surface area contributed by atoms with E-state index in [0.717, 1.165) is 12.3 Å². The molecule has 0 saturated heterocycles. The van der Waals surface area contributed by atoms with Crippen molar-refractivity contribution in [3.05, 3.63) is 131 Å². The van der Waals surface area contributed by atoms with Gasteiger partial charge in [0.2, 0.25) is 5.95 Å². The lowest BCUT2D eigenvalue weighted by molar-refractivity contribution is 0.458. The maximum absolute atomic E-state index is 15.4. The van der Waals surface area contributed by atoms with E-state index in [2.05, 4.69) is 24.9 Å². The van der Waals surface area contributed by atoms with Crippen molar-refractivity contribution < 1.29 is 39.5 Å². The van der Waals surface area contributed by atoms with E-state index in [1.807, 2.05) is 0 Å². The Balaban J connectivity index is 1.61. The van der Waals surface area contributed by atoms with Gasteiger partial charge in [0.15, 0.2) is 46.5 Å². The lowest BCUT2D eigenvalue weighted by Crippen LogP contribution is -2.00. The van der Waals surface area contributed by atoms with Crippen LogP contribution < -0.4 is 0 Å². The molecule has 2 aromatic carbocycles. The molecule has 0 fully saturated rings. The van der Waals surface area contributed by atoms with Gasteiger partial charge < -0.3 is 15.0 Å². The first-order valence-corrected chi connectivity index (χ1v) is 14.6. The Kier molecular flexibility index (Phi) is 7.06. The molecular formula is C36H16F9N5. The molecule has 14 heteroatoms. The van der Waals surface area contributed by atoms with Crippen molar-refractivity contribution in [2.75, 3.05) is 0 Å². The van der Waals surface area contributed by atoms with Gasteiger partial charge in [-0.15, -0.1) is 0 Å². The van der Waals surface area contributed by atoms with Crippen molar-refractivity contribution in [1.82, 2.24) is 24.9 Å². The van der Waals surface area contributed by atoms with Crippen LogP contribution in [-0.4, -0.2) is 24.9 Å². The summed E-state index contributed by atoms with van der Waals surface area (Å²) in [5, 5.41) is 0. The molecule has 50 heavy (non-hydrogen) atoms. The summed E-state index contributed by atoms with van der Waals surface area (Å²) in [5.41, 5.74) is -2.11. The topological polar surface area (TPSA) is 73.2 Å². The number of pyridine rings is 1. The van der Waals surface area contributed by atoms with Crippen LogP contribution >= 0.6 is 0 Å². The first kappa shape index (κ1) is 31.0. The largest absolute Gasteiger partial charge is 0.354 e. The molecule has 8 rings (SSSR count). The van der Waals surface area contributed by atoms with Crippen LogP contribution in [0.2, 0.25) is 0 Å². The lowest BCUT2D eigenvalue weighted by atomic mass is 10.0. The fraction of sp³-hybridized carbons (Fsp3) is 0. The summed E-state index contributed by atoms with van der Waals surface area (Å²) < 4.78 is 134. The van der Waals surface area contributed by atoms with E-state index in [9.17, 15) is 22.0 Å². The molecule has 3 N–H and O–H groups in total. The zero-order valence-electron chi connectivity index (χ0n) is 24.8. The Morgan fingerprint density at radius 1 is 0.400 bits per heavy atom. The third-order valence-electron chi connectivity index (χ3n) is 8.32. The van der Waals surface area contributed by atoms with E-state index in [1.54, 1.807) is 0 Å². The predicted molar refractivity (Wildman–Crippen MR) is 169 cm³/mol. The second kappa shape index (κ2) is 11.4. The second-order valence-electron chi connectivity index (χ2n) is 11.3. The van der Waals surface area contributed by atoms with Gasteiger partial charge in [0, 0.05) is 68.7 Å². The molecule has 8 bridgehead atoms. The molecule has 1 aliphatic rings. The monoisotopic (exact) mass is 689 g/mol. The average molecular weight is 690 g/mol. The number of rotatable bonds is 3. The quantitative estimate of drug-likeness (QED) is 0.0982. The molecule has 0 unspecified atom stereocenters. The minimum Gasteiger partial charge on any atom is -0.354 e. The average Bonchev–Trinajstić information content (AvgIpc) is 3.91. The number of hydrogen-bond donors (Lipinski definition) is 3. The van der Waals surface area contributed by atoms with Gasteiger partial charge >= 0.3 is 0 Å². The third kappa shape index (κ3) is 4.82. The van der Waals surface area contributed by atoms with Crippen LogP contribution in [0.1, 0.15) is 11.4 Å². The first-order chi connectivity index (χ1) is 24.0. The van der Waals surface area contributed by atoms with E-state index in [1.165, 1.54) is 54.6 Å². The normalized spacial score (nSPS) is 12.0. The SMILES string of the molecule is Fc1cc(-c2c3ccc([nH]3)c(-c3c(F)c(F)cc(F)c3F)c3nc(c4ccc([nH]4)c(-c4c(F)c(F)cc(F)c4F)c4ccc2[nH]4)C=C3)ccn1. The highest BCUT2D eigenvalue weighted by Gasteiger charge is 2.26. The van der Waals surface area contributed by atoms with Gasteiger partial charge in [0.1, 0.15) is 0 Å². The molecule has 0 amide bonds. The van der Waals surface area contributed by atoms with Crippen LogP contribution in [0.3, 0.4) is 0 Å². The molecule has 0 spiro atoms. The molecule has 1 aliphatic heterocycles. The van der Waals surface area contributed by atoms with Crippen LogP contribution in [0.4, 0.5) is 39.5 Å². The van der Waals surface area contributed by atoms with Gasteiger partial charge in [-0.1, -0.05) is 0 Å². The number of aromatic amines is 3. The predicted octanol–water partition coefficient (Wildman–Crippen LogP) is 10.3. The number of aromatic nitrogens is 5. The molecule has 5 aromatic heterocycles. The van der Waals surface area contributed by atoms with Gasteiger partial charge in [0.25, 0.3) is 0 Å². The fourth-order valence-electron chi connectivity index (χ4n) is 6.13. The molecule has 0 atom stereocenters. The minimum atomic E-state index is -1.69. The van der Waals surface area contributed by atoms with E-state index < -0.39 is 63.6 Å². The zero-order chi connectivity index (χ0) is 35.0. The lowest BCUT2D eigenvalue weighted by Gasteiger charge is -2.09. The summed E-state index contributed by atoms with van der Waals surface area (Å²) in [5.74, 6) is -14.3. The van der Waals surface area contributed by atoms with Crippen LogP contribution in [0.5, 0.6) is 0 Å². The number of nitrogens with one attached hydrogen (secondary N) is 3. The molecule has 0 saturated carbocycles. The summed E-state index contributed by atoms with van der Waals surface area (Å²) in [6.45, 7) is 0. The molecule has 6 heterocycles. The van der Waals surface area contributed by atoms with E-state index in [4.69, 9.17) is 0 Å². The van der Waals surface area contributed by atoms with Crippen molar-refractivity contribution in [2.24, 2.45) is 0 Å². The van der Waals surface area contributed by atoms with Gasteiger partial charge in [0.05, 0.1) is 28.0 Å². The first-order valence-electron chi connectivity index (χ1n) is 14.6. The number of H-pyrrole nitrogens is 3. The van der Waals surface area contributed by atoms with Crippen LogP contribution in [0.25, 0.3) is 78.6 Å². The third-order valence-corrected chi connectivity index (χ3v) is 8.32. The van der Waals surface area contributed by atoms with Crippen molar-refractivity contribution in [1.29, 1.82) is 0 Å². The Labute approximate surface area is 273 Å². The van der Waals surface area contributed by atoms with Crippen molar-refractivity contribution in [3.63, 3.8) is 0 Å². The van der Waals surface area contributed by atoms with Crippen molar-refractivity contribution in [2.45, 2.75) is 0 Å². The molecule has 7 aromatic rings. The molecule has 5 nitrogen and oxygen atoms in total. The van der Waals surface area contributed by atoms with Crippen LogP contribution in [-0.2, 0) is 0 Å². The highest BCUT2D eigenvalue weighted by Crippen LogP contribution is 2.39. The highest BCUT2D eigenvalue weighted by molar-refractivity contribution is 6.00. The Hall–Kier alpha value is -6.31. The molecular weight excluding hydrogens is 673 g/mol. The summed E-state index contributed by atoms with van der Waals surface area (Å²) in [6.07, 6.45) is 3.88. The highest BCUT2D eigenvalue weighted by atomic mass is 19.2. The Bertz CT molecular complexity index is 2670. The van der Waals surface area contributed by atoms with Crippen molar-refractivity contribution in [3.8, 4) is 33.4 Å². The Morgan fingerprint density at radius 2 is 0.820 bits per heavy atom. The van der Waals surface area contributed by atoms with E-state index in [-0.39, 0.29) is 78.9 Å². The number of fused-ring (bicyclic) bond motifs is 9. The van der Waals surface area contributed by atoms with Crippen LogP contribution in [0.15, 0.2) is 66.9 Å². The Morgan fingerprint density at radius 3 is 1.34 bits per heavy atom. The number of benzene rings is 2. The molecule has 0 aliphatic carbocycles. The standard InChI is InChI=1S/C36H16F9N5/c37-15-12-16(38)34(43)31(33(15)42)29-23-3-1-19(47-23)20-2-4-24(48-20)30(32-35(44)17(39)13-18(40)36(32)45)26-8-6-22(50-26)28(21-5-7-25(29)49-21)14-9-10-46-27(41)11-14/h1-13,47,49-50H. The zero-order valence-corrected chi connectivity index (χ0v) is 24.8. The second-order valence-corrected chi connectivity index (χ2v) is 11.3. The van der Waals surface area contributed by atoms with Gasteiger partial charge in [-0.3, -0.25) is 0 Å². The maximum Gasteiger partial charge on any atom is 0.213 e. The minimum absolute atomic E-state index is 0.0346. The summed E-state index contributed by atoms with van der Waals surface area (Å²) in [6, 6.07) is 11.0.